The van der Waals surface area contributed by atoms with E-state index in [-0.39, 0.29) is 5.69 Å². The molecule has 1 aliphatic heterocycles. The lowest BCUT2D eigenvalue weighted by molar-refractivity contribution is -0.137. The molecule has 3 rings (SSSR count). The fourth-order valence-electron chi connectivity index (χ4n) is 2.66. The van der Waals surface area contributed by atoms with E-state index >= 15 is 0 Å². The van der Waals surface area contributed by atoms with Crippen LogP contribution in [0.4, 0.5) is 5.69 Å². The molecule has 1 aromatic heterocycles. The Balaban J connectivity index is 1.95. The summed E-state index contributed by atoms with van der Waals surface area (Å²) in [6.07, 6.45) is 4.72. The number of para-hydroxylation sites is 2. The first-order chi connectivity index (χ1) is 12.1. The molecule has 0 radical (unpaired) electrons. The van der Waals surface area contributed by atoms with Gasteiger partial charge in [0.05, 0.1) is 31.1 Å². The lowest BCUT2D eigenvalue weighted by Gasteiger charge is -2.28. The Morgan fingerprint density at radius 1 is 1.16 bits per heavy atom. The lowest BCUT2D eigenvalue weighted by atomic mass is 10.2. The summed E-state index contributed by atoms with van der Waals surface area (Å²) in [5.74, 6) is -0.160. The van der Waals surface area contributed by atoms with Gasteiger partial charge in [0, 0.05) is 18.5 Å². The quantitative estimate of drug-likeness (QED) is 0.614. The third kappa shape index (κ3) is 3.40. The van der Waals surface area contributed by atoms with Gasteiger partial charge in [-0.3, -0.25) is 4.57 Å². The standard InChI is InChI=1S/C18H19N3O4/c1-3-24-17(22)9-10-20-12-16-19-13(18(23)25-4-2)11-21(16)15-8-6-5-7-14(15)20/h5-11H,3-4,12H2,1-2H3/b10-9+. The van der Waals surface area contributed by atoms with E-state index in [9.17, 15) is 9.59 Å². The van der Waals surface area contributed by atoms with Gasteiger partial charge in [0.1, 0.15) is 5.82 Å². The maximum atomic E-state index is 12.0. The first-order valence-corrected chi connectivity index (χ1v) is 8.10. The number of hydrogen-bond donors (Lipinski definition) is 0. The van der Waals surface area contributed by atoms with Crippen molar-refractivity contribution >= 4 is 17.6 Å². The first kappa shape index (κ1) is 16.8. The van der Waals surface area contributed by atoms with Crippen LogP contribution in [-0.4, -0.2) is 34.7 Å². The summed E-state index contributed by atoms with van der Waals surface area (Å²) in [7, 11) is 0. The number of aromatic nitrogens is 2. The average Bonchev–Trinajstić information content (AvgIpc) is 3.04. The highest BCUT2D eigenvalue weighted by atomic mass is 16.5. The maximum Gasteiger partial charge on any atom is 0.358 e. The summed E-state index contributed by atoms with van der Waals surface area (Å²) in [4.78, 5) is 29.8. The van der Waals surface area contributed by atoms with E-state index in [2.05, 4.69) is 4.98 Å². The molecular weight excluding hydrogens is 322 g/mol. The van der Waals surface area contributed by atoms with Crippen molar-refractivity contribution in [3.8, 4) is 5.69 Å². The maximum absolute atomic E-state index is 12.0. The summed E-state index contributed by atoms with van der Waals surface area (Å²) in [5, 5.41) is 0. The number of ether oxygens (including phenoxy) is 2. The van der Waals surface area contributed by atoms with Crippen LogP contribution in [0.2, 0.25) is 0 Å². The van der Waals surface area contributed by atoms with Crippen LogP contribution in [0.25, 0.3) is 5.69 Å². The van der Waals surface area contributed by atoms with Crippen LogP contribution < -0.4 is 4.90 Å². The van der Waals surface area contributed by atoms with Crippen molar-refractivity contribution in [1.29, 1.82) is 0 Å². The number of imidazole rings is 1. The Kier molecular flexibility index (Phi) is 4.83. The van der Waals surface area contributed by atoms with Crippen LogP contribution in [0.1, 0.15) is 30.2 Å². The van der Waals surface area contributed by atoms with Gasteiger partial charge in [-0.15, -0.1) is 0 Å². The number of carbonyl (C=O) groups is 2. The molecule has 1 aromatic carbocycles. The minimum atomic E-state index is -0.449. The predicted octanol–water partition coefficient (Wildman–Crippen LogP) is 2.45. The Hall–Kier alpha value is -3.09. The highest BCUT2D eigenvalue weighted by Gasteiger charge is 2.24. The number of carbonyl (C=O) groups excluding carboxylic acids is 2. The molecule has 0 spiro atoms. The van der Waals surface area contributed by atoms with Gasteiger partial charge in [0.15, 0.2) is 5.69 Å². The minimum absolute atomic E-state index is 0.267. The highest BCUT2D eigenvalue weighted by molar-refractivity contribution is 5.87. The Morgan fingerprint density at radius 3 is 2.60 bits per heavy atom. The molecule has 0 saturated carbocycles. The Bertz CT molecular complexity index is 825. The smallest absolute Gasteiger partial charge is 0.358 e. The molecule has 0 atom stereocenters. The van der Waals surface area contributed by atoms with E-state index in [1.54, 1.807) is 26.2 Å². The molecule has 0 saturated heterocycles. The summed E-state index contributed by atoms with van der Waals surface area (Å²) in [6.45, 7) is 4.56. The molecule has 7 nitrogen and oxygen atoms in total. The summed E-state index contributed by atoms with van der Waals surface area (Å²) in [5.41, 5.74) is 2.05. The zero-order valence-corrected chi connectivity index (χ0v) is 14.1. The van der Waals surface area contributed by atoms with Gasteiger partial charge in [-0.1, -0.05) is 12.1 Å². The van der Waals surface area contributed by atoms with Crippen LogP contribution in [0, 0.1) is 0 Å². The number of fused-ring (bicyclic) bond motifs is 3. The van der Waals surface area contributed by atoms with Crippen molar-refractivity contribution < 1.29 is 19.1 Å². The summed E-state index contributed by atoms with van der Waals surface area (Å²) in [6, 6.07) is 7.70. The number of nitrogens with zero attached hydrogens (tertiary/aromatic N) is 3. The van der Waals surface area contributed by atoms with E-state index in [0.29, 0.717) is 25.6 Å². The van der Waals surface area contributed by atoms with Gasteiger partial charge in [-0.2, -0.15) is 0 Å². The number of benzene rings is 1. The van der Waals surface area contributed by atoms with Gasteiger partial charge in [0.25, 0.3) is 0 Å². The monoisotopic (exact) mass is 341 g/mol. The molecule has 130 valence electrons. The van der Waals surface area contributed by atoms with E-state index in [1.807, 2.05) is 33.7 Å². The molecule has 7 heteroatoms. The van der Waals surface area contributed by atoms with Crippen molar-refractivity contribution in [1.82, 2.24) is 9.55 Å². The van der Waals surface area contributed by atoms with Crippen LogP contribution in [0.3, 0.4) is 0 Å². The fraction of sp³-hybridized carbons (Fsp3) is 0.278. The van der Waals surface area contributed by atoms with Crippen molar-refractivity contribution in [3.05, 3.63) is 54.3 Å². The molecule has 0 unspecified atom stereocenters. The first-order valence-electron chi connectivity index (χ1n) is 8.10. The van der Waals surface area contributed by atoms with E-state index in [1.165, 1.54) is 6.08 Å². The van der Waals surface area contributed by atoms with Gasteiger partial charge in [0.2, 0.25) is 0 Å². The Labute approximate surface area is 145 Å². The molecule has 0 N–H and O–H groups in total. The van der Waals surface area contributed by atoms with Gasteiger partial charge in [-0.05, 0) is 26.0 Å². The molecule has 0 fully saturated rings. The highest BCUT2D eigenvalue weighted by Crippen LogP contribution is 2.32. The fourth-order valence-corrected chi connectivity index (χ4v) is 2.66. The molecule has 0 amide bonds. The molecule has 1 aliphatic rings. The van der Waals surface area contributed by atoms with Crippen molar-refractivity contribution in [2.24, 2.45) is 0 Å². The minimum Gasteiger partial charge on any atom is -0.463 e. The SMILES string of the molecule is CCOC(=O)/C=C/N1Cc2nc(C(=O)OCC)cn2-c2ccccc21. The van der Waals surface area contributed by atoms with Crippen molar-refractivity contribution in [2.75, 3.05) is 18.1 Å². The number of esters is 2. The number of anilines is 1. The number of rotatable bonds is 5. The summed E-state index contributed by atoms with van der Waals surface area (Å²) >= 11 is 0. The third-order valence-electron chi connectivity index (χ3n) is 3.70. The van der Waals surface area contributed by atoms with Crippen LogP contribution in [0.5, 0.6) is 0 Å². The number of hydrogen-bond acceptors (Lipinski definition) is 6. The topological polar surface area (TPSA) is 73.7 Å². The van der Waals surface area contributed by atoms with Gasteiger partial charge >= 0.3 is 11.9 Å². The van der Waals surface area contributed by atoms with E-state index in [0.717, 1.165) is 11.4 Å². The molecule has 0 bridgehead atoms. The molecule has 25 heavy (non-hydrogen) atoms. The zero-order valence-electron chi connectivity index (χ0n) is 14.1. The zero-order chi connectivity index (χ0) is 17.8. The normalized spacial score (nSPS) is 12.6. The van der Waals surface area contributed by atoms with Crippen LogP contribution in [0.15, 0.2) is 42.7 Å². The Morgan fingerprint density at radius 2 is 1.88 bits per heavy atom. The average molecular weight is 341 g/mol. The van der Waals surface area contributed by atoms with Crippen molar-refractivity contribution in [3.63, 3.8) is 0 Å². The van der Waals surface area contributed by atoms with Crippen molar-refractivity contribution in [2.45, 2.75) is 20.4 Å². The second kappa shape index (κ2) is 7.21. The second-order valence-electron chi connectivity index (χ2n) is 5.32. The molecular formula is C18H19N3O4. The molecule has 0 aliphatic carbocycles. The lowest BCUT2D eigenvalue weighted by Crippen LogP contribution is -2.25. The van der Waals surface area contributed by atoms with Crippen LogP contribution in [-0.2, 0) is 20.8 Å². The third-order valence-corrected chi connectivity index (χ3v) is 3.70. The molecule has 2 aromatic rings. The largest absolute Gasteiger partial charge is 0.463 e. The van der Waals surface area contributed by atoms with Gasteiger partial charge in [-0.25, -0.2) is 14.6 Å². The second-order valence-corrected chi connectivity index (χ2v) is 5.32. The van der Waals surface area contributed by atoms with Crippen LogP contribution >= 0.6 is 0 Å². The molecule has 2 heterocycles. The summed E-state index contributed by atoms with van der Waals surface area (Å²) < 4.78 is 11.8. The van der Waals surface area contributed by atoms with E-state index < -0.39 is 11.9 Å². The predicted molar refractivity (Wildman–Crippen MR) is 91.5 cm³/mol. The van der Waals surface area contributed by atoms with Gasteiger partial charge < -0.3 is 14.4 Å². The van der Waals surface area contributed by atoms with E-state index in [4.69, 9.17) is 9.47 Å².